The van der Waals surface area contributed by atoms with Crippen molar-refractivity contribution in [1.29, 1.82) is 0 Å². The average molecular weight is 256 g/mol. The molecule has 1 aliphatic heterocycles. The van der Waals surface area contributed by atoms with Crippen molar-refractivity contribution in [1.82, 2.24) is 10.0 Å². The number of piperidine rings is 1. The molecule has 1 aliphatic rings. The zero-order chi connectivity index (χ0) is 13.7. The van der Waals surface area contributed by atoms with Crippen molar-refractivity contribution < 1.29 is 4.79 Å². The molecule has 0 bridgehead atoms. The summed E-state index contributed by atoms with van der Waals surface area (Å²) in [5.74, 6) is 0.173. The third-order valence-electron chi connectivity index (χ3n) is 3.35. The fourth-order valence-electron chi connectivity index (χ4n) is 2.27. The molecule has 1 aromatic rings. The Kier molecular flexibility index (Phi) is 4.39. The van der Waals surface area contributed by atoms with E-state index >= 15 is 0 Å². The second-order valence-electron chi connectivity index (χ2n) is 4.72. The number of hydrogen-bond acceptors (Lipinski definition) is 2. The number of hydrogen-bond donors (Lipinski definition) is 0. The third-order valence-corrected chi connectivity index (χ3v) is 3.35. The van der Waals surface area contributed by atoms with Crippen LogP contribution >= 0.6 is 0 Å². The lowest BCUT2D eigenvalue weighted by molar-refractivity contribution is -0.146. The summed E-state index contributed by atoms with van der Waals surface area (Å²) in [6.45, 7) is 9.28. The van der Waals surface area contributed by atoms with Crippen molar-refractivity contribution >= 4 is 11.5 Å². The van der Waals surface area contributed by atoms with Crippen LogP contribution in [-0.4, -0.2) is 29.0 Å². The topological polar surface area (TPSA) is 23.6 Å². The number of nitrogens with zero attached hydrogens (tertiary/aromatic N) is 2. The number of hydrazine groups is 1. The average Bonchev–Trinajstić information content (AvgIpc) is 2.46. The highest BCUT2D eigenvalue weighted by atomic mass is 16.2. The highest BCUT2D eigenvalue weighted by Crippen LogP contribution is 2.18. The van der Waals surface area contributed by atoms with Crippen molar-refractivity contribution in [2.24, 2.45) is 0 Å². The third kappa shape index (κ3) is 3.25. The van der Waals surface area contributed by atoms with Gasteiger partial charge in [-0.15, -0.1) is 0 Å². The van der Waals surface area contributed by atoms with Crippen molar-refractivity contribution in [3.05, 3.63) is 55.3 Å². The molecule has 0 atom stereocenters. The molecule has 1 heterocycles. The minimum absolute atomic E-state index is 0.173. The van der Waals surface area contributed by atoms with Gasteiger partial charge in [-0.3, -0.25) is 14.8 Å². The molecule has 3 heteroatoms. The van der Waals surface area contributed by atoms with Gasteiger partial charge in [0, 0.05) is 19.2 Å². The predicted octanol–water partition coefficient (Wildman–Crippen LogP) is 3.07. The van der Waals surface area contributed by atoms with Crippen molar-refractivity contribution in [2.75, 3.05) is 13.1 Å². The minimum atomic E-state index is 0.173. The fourth-order valence-corrected chi connectivity index (χ4v) is 2.27. The minimum Gasteiger partial charge on any atom is -0.286 e. The van der Waals surface area contributed by atoms with E-state index in [1.165, 1.54) is 0 Å². The highest BCUT2D eigenvalue weighted by Gasteiger charge is 2.22. The second kappa shape index (κ2) is 6.23. The summed E-state index contributed by atoms with van der Waals surface area (Å²) >= 11 is 0. The Morgan fingerprint density at radius 2 is 2.05 bits per heavy atom. The van der Waals surface area contributed by atoms with E-state index in [0.717, 1.165) is 30.5 Å². The normalized spacial score (nSPS) is 15.2. The molecule has 1 fully saturated rings. The Hall–Kier alpha value is -2.03. The molecule has 19 heavy (non-hydrogen) atoms. The summed E-state index contributed by atoms with van der Waals surface area (Å²) in [7, 11) is 0. The standard InChI is InChI=1S/C16H20N2O/c1-3-17(18-12-8-7-11-16(18)19)13-14(2)15-9-5-4-6-10-15/h3-6,9-10H,1-2,7-8,11-13H2. The van der Waals surface area contributed by atoms with Crippen molar-refractivity contribution in [2.45, 2.75) is 19.3 Å². The van der Waals surface area contributed by atoms with Gasteiger partial charge in [0.25, 0.3) is 0 Å². The van der Waals surface area contributed by atoms with Crippen LogP contribution in [0, 0.1) is 0 Å². The summed E-state index contributed by atoms with van der Waals surface area (Å²) in [5, 5.41) is 3.65. The Balaban J connectivity index is 2.05. The van der Waals surface area contributed by atoms with Crippen LogP contribution in [-0.2, 0) is 4.79 Å². The Morgan fingerprint density at radius 3 is 2.68 bits per heavy atom. The molecule has 1 saturated heterocycles. The molecule has 0 unspecified atom stereocenters. The van der Waals surface area contributed by atoms with Crippen LogP contribution in [0.2, 0.25) is 0 Å². The first-order valence-electron chi connectivity index (χ1n) is 6.65. The predicted molar refractivity (Wildman–Crippen MR) is 77.9 cm³/mol. The quantitative estimate of drug-likeness (QED) is 0.808. The number of carbonyl (C=O) groups is 1. The first-order valence-corrected chi connectivity index (χ1v) is 6.65. The second-order valence-corrected chi connectivity index (χ2v) is 4.72. The van der Waals surface area contributed by atoms with Crippen LogP contribution in [0.15, 0.2) is 49.7 Å². The van der Waals surface area contributed by atoms with Gasteiger partial charge in [0.1, 0.15) is 0 Å². The molecule has 0 N–H and O–H groups in total. The molecule has 0 spiro atoms. The summed E-state index contributed by atoms with van der Waals surface area (Å²) in [5.41, 5.74) is 2.08. The molecule has 0 radical (unpaired) electrons. The first kappa shape index (κ1) is 13.4. The zero-order valence-electron chi connectivity index (χ0n) is 11.2. The molecule has 0 aliphatic carbocycles. The van der Waals surface area contributed by atoms with E-state index in [-0.39, 0.29) is 5.91 Å². The van der Waals surface area contributed by atoms with E-state index in [9.17, 15) is 4.79 Å². The lowest BCUT2D eigenvalue weighted by Crippen LogP contribution is -2.46. The van der Waals surface area contributed by atoms with E-state index in [4.69, 9.17) is 0 Å². The van der Waals surface area contributed by atoms with Gasteiger partial charge in [-0.2, -0.15) is 0 Å². The Morgan fingerprint density at radius 1 is 1.32 bits per heavy atom. The lowest BCUT2D eigenvalue weighted by atomic mass is 10.1. The molecule has 2 rings (SSSR count). The Bertz CT molecular complexity index is 467. The van der Waals surface area contributed by atoms with E-state index in [0.29, 0.717) is 13.0 Å². The smallest absolute Gasteiger partial charge is 0.241 e. The molecular formula is C16H20N2O. The summed E-state index contributed by atoms with van der Waals surface area (Å²) < 4.78 is 0. The van der Waals surface area contributed by atoms with Gasteiger partial charge in [-0.1, -0.05) is 43.5 Å². The summed E-state index contributed by atoms with van der Waals surface area (Å²) in [4.78, 5) is 11.9. The number of benzene rings is 1. The number of carbonyl (C=O) groups excluding carboxylic acids is 1. The lowest BCUT2D eigenvalue weighted by Gasteiger charge is -2.36. The van der Waals surface area contributed by atoms with Gasteiger partial charge in [0.05, 0.1) is 6.54 Å². The van der Waals surface area contributed by atoms with Gasteiger partial charge < -0.3 is 0 Å². The highest BCUT2D eigenvalue weighted by molar-refractivity contribution is 5.76. The molecular weight excluding hydrogens is 236 g/mol. The fraction of sp³-hybridized carbons (Fsp3) is 0.312. The van der Waals surface area contributed by atoms with Gasteiger partial charge >= 0.3 is 0 Å². The first-order chi connectivity index (χ1) is 9.22. The maximum atomic E-state index is 11.9. The maximum Gasteiger partial charge on any atom is 0.241 e. The number of rotatable bonds is 5. The van der Waals surface area contributed by atoms with Crippen LogP contribution in [0.3, 0.4) is 0 Å². The van der Waals surface area contributed by atoms with Crippen molar-refractivity contribution in [3.63, 3.8) is 0 Å². The summed E-state index contributed by atoms with van der Waals surface area (Å²) in [6, 6.07) is 10.0. The van der Waals surface area contributed by atoms with Gasteiger partial charge in [-0.25, -0.2) is 0 Å². The Labute approximate surface area is 114 Å². The van der Waals surface area contributed by atoms with Gasteiger partial charge in [0.15, 0.2) is 0 Å². The largest absolute Gasteiger partial charge is 0.286 e. The zero-order valence-corrected chi connectivity index (χ0v) is 11.2. The van der Waals surface area contributed by atoms with Crippen LogP contribution in [0.4, 0.5) is 0 Å². The summed E-state index contributed by atoms with van der Waals surface area (Å²) in [6.07, 6.45) is 4.37. The van der Waals surface area contributed by atoms with Gasteiger partial charge in [0.2, 0.25) is 5.91 Å². The van der Waals surface area contributed by atoms with Gasteiger partial charge in [-0.05, 0) is 24.0 Å². The van der Waals surface area contributed by atoms with E-state index in [1.807, 2.05) is 35.3 Å². The van der Waals surface area contributed by atoms with Crippen molar-refractivity contribution in [3.8, 4) is 0 Å². The maximum absolute atomic E-state index is 11.9. The molecule has 1 amide bonds. The molecule has 100 valence electrons. The SMILES string of the molecule is C=CN(CC(=C)c1ccccc1)N1CCCCC1=O. The molecule has 1 aromatic carbocycles. The van der Waals surface area contributed by atoms with Crippen LogP contribution in [0.5, 0.6) is 0 Å². The van der Waals surface area contributed by atoms with E-state index in [2.05, 4.69) is 13.2 Å². The molecule has 3 nitrogen and oxygen atoms in total. The van der Waals surface area contributed by atoms with Crippen LogP contribution in [0.1, 0.15) is 24.8 Å². The van der Waals surface area contributed by atoms with Crippen LogP contribution < -0.4 is 0 Å². The van der Waals surface area contributed by atoms with Crippen LogP contribution in [0.25, 0.3) is 5.57 Å². The van der Waals surface area contributed by atoms with E-state index in [1.54, 1.807) is 11.2 Å². The number of amides is 1. The monoisotopic (exact) mass is 256 g/mol. The van der Waals surface area contributed by atoms with E-state index < -0.39 is 0 Å². The molecule has 0 aromatic heterocycles. The molecule has 0 saturated carbocycles.